The molecule has 0 radical (unpaired) electrons. The number of ether oxygens (including phenoxy) is 1. The summed E-state index contributed by atoms with van der Waals surface area (Å²) >= 11 is 5.94. The second-order valence-corrected chi connectivity index (χ2v) is 8.82. The Morgan fingerprint density at radius 2 is 1.63 bits per heavy atom. The van der Waals surface area contributed by atoms with Crippen LogP contribution in [-0.4, -0.2) is 28.7 Å². The van der Waals surface area contributed by atoms with Gasteiger partial charge in [0, 0.05) is 16.8 Å². The van der Waals surface area contributed by atoms with Crippen molar-refractivity contribution >= 4 is 46.3 Å². The summed E-state index contributed by atoms with van der Waals surface area (Å²) in [6.07, 6.45) is 4.72. The fourth-order valence-electron chi connectivity index (χ4n) is 3.90. The van der Waals surface area contributed by atoms with Gasteiger partial charge in [0.2, 0.25) is 0 Å². The van der Waals surface area contributed by atoms with Gasteiger partial charge < -0.3 is 4.74 Å². The first-order chi connectivity index (χ1) is 18.5. The Kier molecular flexibility index (Phi) is 7.24. The summed E-state index contributed by atoms with van der Waals surface area (Å²) in [5.74, 6) is 0.790. The third kappa shape index (κ3) is 5.45. The lowest BCUT2D eigenvalue weighted by atomic mass is 10.1. The summed E-state index contributed by atoms with van der Waals surface area (Å²) < 4.78 is 6.65. The number of hydrogen-bond donors (Lipinski definition) is 0. The molecule has 0 aliphatic rings. The molecule has 1 heterocycles. The van der Waals surface area contributed by atoms with Gasteiger partial charge in [-0.05, 0) is 90.5 Å². The molecule has 5 rings (SSSR count). The van der Waals surface area contributed by atoms with Gasteiger partial charge in [0.05, 0.1) is 29.4 Å². The normalized spacial score (nSPS) is 11.4. The summed E-state index contributed by atoms with van der Waals surface area (Å²) in [4.78, 5) is 35.5. The summed E-state index contributed by atoms with van der Waals surface area (Å²) in [7, 11) is 1.57. The maximum absolute atomic E-state index is 13.5. The summed E-state index contributed by atoms with van der Waals surface area (Å²) in [5, 5.41) is 1.15. The zero-order valence-corrected chi connectivity index (χ0v) is 21.2. The minimum atomic E-state index is -0.232. The second kappa shape index (κ2) is 11.1. The highest BCUT2D eigenvalue weighted by molar-refractivity contribution is 6.30. The van der Waals surface area contributed by atoms with Gasteiger partial charge in [-0.2, -0.15) is 0 Å². The van der Waals surface area contributed by atoms with Crippen LogP contribution in [0.15, 0.2) is 113 Å². The fourth-order valence-corrected chi connectivity index (χ4v) is 4.02. The minimum Gasteiger partial charge on any atom is -0.497 e. The lowest BCUT2D eigenvalue weighted by molar-refractivity contribution is 0.104. The van der Waals surface area contributed by atoms with Gasteiger partial charge in [-0.15, -0.1) is 0 Å². The van der Waals surface area contributed by atoms with E-state index < -0.39 is 0 Å². The molecular weight excluding hydrogens is 498 g/mol. The zero-order chi connectivity index (χ0) is 26.5. The van der Waals surface area contributed by atoms with E-state index >= 15 is 0 Å². The van der Waals surface area contributed by atoms with Gasteiger partial charge in [-0.3, -0.25) is 19.1 Å². The molecule has 1 aromatic heterocycles. The van der Waals surface area contributed by atoms with Gasteiger partial charge in [0.15, 0.2) is 5.78 Å². The Morgan fingerprint density at radius 1 is 0.921 bits per heavy atom. The molecule has 0 unspecified atom stereocenters. The van der Waals surface area contributed by atoms with Crippen LogP contribution in [0.4, 0.5) is 5.69 Å². The van der Waals surface area contributed by atoms with Crippen molar-refractivity contribution in [3.63, 3.8) is 0 Å². The van der Waals surface area contributed by atoms with Crippen LogP contribution >= 0.6 is 11.6 Å². The maximum atomic E-state index is 13.5. The fraction of sp³-hybridized carbons (Fsp3) is 0.0323. The van der Waals surface area contributed by atoms with E-state index in [1.165, 1.54) is 10.6 Å². The predicted octanol–water partition coefficient (Wildman–Crippen LogP) is 6.69. The molecule has 0 N–H and O–H groups in total. The average molecular weight is 520 g/mol. The molecule has 7 heteroatoms. The first kappa shape index (κ1) is 24.9. The van der Waals surface area contributed by atoms with Crippen LogP contribution in [0.2, 0.25) is 5.02 Å². The number of aromatic nitrogens is 2. The van der Waals surface area contributed by atoms with Crippen molar-refractivity contribution < 1.29 is 9.53 Å². The number of fused-ring (bicyclic) bond motifs is 1. The third-order valence-electron chi connectivity index (χ3n) is 5.90. The number of nitrogens with zero attached hydrogens (tertiary/aromatic N) is 3. The van der Waals surface area contributed by atoms with E-state index in [0.29, 0.717) is 38.8 Å². The Balaban J connectivity index is 1.50. The Labute approximate surface area is 224 Å². The van der Waals surface area contributed by atoms with Crippen LogP contribution in [0.25, 0.3) is 22.7 Å². The van der Waals surface area contributed by atoms with Crippen molar-refractivity contribution in [2.24, 2.45) is 4.99 Å². The summed E-state index contributed by atoms with van der Waals surface area (Å²) in [5.41, 5.74) is 3.06. The molecule has 0 aliphatic carbocycles. The van der Waals surface area contributed by atoms with E-state index in [9.17, 15) is 9.59 Å². The van der Waals surface area contributed by atoms with Crippen molar-refractivity contribution in [2.45, 2.75) is 0 Å². The van der Waals surface area contributed by atoms with E-state index in [0.717, 1.165) is 11.3 Å². The molecule has 6 nitrogen and oxygen atoms in total. The van der Waals surface area contributed by atoms with E-state index in [-0.39, 0.29) is 11.3 Å². The molecule has 186 valence electrons. The maximum Gasteiger partial charge on any atom is 0.266 e. The highest BCUT2D eigenvalue weighted by Crippen LogP contribution is 2.19. The highest BCUT2D eigenvalue weighted by Gasteiger charge is 2.12. The second-order valence-electron chi connectivity index (χ2n) is 8.38. The van der Waals surface area contributed by atoms with Gasteiger partial charge >= 0.3 is 0 Å². The van der Waals surface area contributed by atoms with Crippen LogP contribution in [0.1, 0.15) is 21.7 Å². The molecule has 0 bridgehead atoms. The lowest BCUT2D eigenvalue weighted by Crippen LogP contribution is -2.22. The highest BCUT2D eigenvalue weighted by atomic mass is 35.5. The quantitative estimate of drug-likeness (QED) is 0.136. The van der Waals surface area contributed by atoms with E-state index in [1.54, 1.807) is 86.1 Å². The minimum absolute atomic E-state index is 0.214. The number of ketones is 1. The number of aliphatic imine (C=N–C) groups is 1. The lowest BCUT2D eigenvalue weighted by Gasteiger charge is -2.11. The number of halogens is 1. The number of benzene rings is 4. The standard InChI is InChI=1S/C31H22ClN3O3/c1-38-26-16-8-22(9-17-26)29(36)18-19-30-34-28-5-3-2-4-27(28)31(37)35(30)25-14-12-24(13-15-25)33-20-21-6-10-23(32)11-7-21/h2-20H,1H3/b19-18+,33-20?. The molecule has 0 aliphatic heterocycles. The molecule has 5 aromatic rings. The predicted molar refractivity (Wildman–Crippen MR) is 152 cm³/mol. The molecule has 0 saturated carbocycles. The first-order valence-corrected chi connectivity index (χ1v) is 12.2. The van der Waals surface area contributed by atoms with Crippen LogP contribution in [0.3, 0.4) is 0 Å². The number of hydrogen-bond acceptors (Lipinski definition) is 5. The van der Waals surface area contributed by atoms with Crippen LogP contribution in [-0.2, 0) is 0 Å². The number of carbonyl (C=O) groups is 1. The number of allylic oxidation sites excluding steroid dienone is 1. The molecule has 0 spiro atoms. The number of carbonyl (C=O) groups excluding carboxylic acids is 1. The topological polar surface area (TPSA) is 73.5 Å². The first-order valence-electron chi connectivity index (χ1n) is 11.8. The average Bonchev–Trinajstić information content (AvgIpc) is 2.96. The zero-order valence-electron chi connectivity index (χ0n) is 20.4. The summed E-state index contributed by atoms with van der Waals surface area (Å²) in [6, 6.07) is 28.6. The molecule has 4 aromatic carbocycles. The number of rotatable bonds is 7. The van der Waals surface area contributed by atoms with Crippen molar-refractivity contribution in [3.05, 3.63) is 135 Å². The molecule has 0 fully saturated rings. The largest absolute Gasteiger partial charge is 0.497 e. The number of methoxy groups -OCH3 is 1. The van der Waals surface area contributed by atoms with E-state index in [1.807, 2.05) is 30.3 Å². The Morgan fingerprint density at radius 3 is 2.34 bits per heavy atom. The molecule has 0 atom stereocenters. The van der Waals surface area contributed by atoms with Gasteiger partial charge in [0.1, 0.15) is 11.6 Å². The van der Waals surface area contributed by atoms with Gasteiger partial charge in [0.25, 0.3) is 5.56 Å². The third-order valence-corrected chi connectivity index (χ3v) is 6.15. The number of para-hydroxylation sites is 1. The molecular formula is C31H22ClN3O3. The van der Waals surface area contributed by atoms with E-state index in [2.05, 4.69) is 9.98 Å². The molecule has 0 saturated heterocycles. The van der Waals surface area contributed by atoms with Crippen LogP contribution in [0.5, 0.6) is 5.75 Å². The van der Waals surface area contributed by atoms with Crippen LogP contribution in [0, 0.1) is 0 Å². The molecule has 38 heavy (non-hydrogen) atoms. The van der Waals surface area contributed by atoms with Crippen molar-refractivity contribution in [1.82, 2.24) is 9.55 Å². The molecule has 0 amide bonds. The van der Waals surface area contributed by atoms with Crippen molar-refractivity contribution in [1.29, 1.82) is 0 Å². The Bertz CT molecular complexity index is 1720. The SMILES string of the molecule is COc1ccc(C(=O)/C=C/c2nc3ccccc3c(=O)n2-c2ccc(N=Cc3ccc(Cl)cc3)cc2)cc1. The van der Waals surface area contributed by atoms with Crippen molar-refractivity contribution in [3.8, 4) is 11.4 Å². The summed E-state index contributed by atoms with van der Waals surface area (Å²) in [6.45, 7) is 0. The van der Waals surface area contributed by atoms with Gasteiger partial charge in [-0.1, -0.05) is 35.9 Å². The monoisotopic (exact) mass is 519 g/mol. The van der Waals surface area contributed by atoms with Crippen LogP contribution < -0.4 is 10.3 Å². The van der Waals surface area contributed by atoms with Crippen molar-refractivity contribution in [2.75, 3.05) is 7.11 Å². The van der Waals surface area contributed by atoms with E-state index in [4.69, 9.17) is 16.3 Å². The Hall–Kier alpha value is -4.81. The smallest absolute Gasteiger partial charge is 0.266 e. The van der Waals surface area contributed by atoms with Gasteiger partial charge in [-0.25, -0.2) is 4.98 Å².